The molecular formula is C20H27NO5. The van der Waals surface area contributed by atoms with Crippen molar-refractivity contribution in [3.05, 3.63) is 40.2 Å². The second-order valence-electron chi connectivity index (χ2n) is 7.12. The molecule has 0 amide bonds. The van der Waals surface area contributed by atoms with Crippen LogP contribution in [0.4, 0.5) is 0 Å². The van der Waals surface area contributed by atoms with E-state index in [1.165, 1.54) is 6.07 Å². The summed E-state index contributed by atoms with van der Waals surface area (Å²) in [5.74, 6) is 0.579. The fraction of sp³-hybridized carbons (Fsp3) is 0.550. The second-order valence-corrected chi connectivity index (χ2v) is 7.12. The lowest BCUT2D eigenvalue weighted by atomic mass is 9.87. The highest BCUT2D eigenvalue weighted by Crippen LogP contribution is 2.44. The number of aliphatic hydroxyl groups is 1. The van der Waals surface area contributed by atoms with Crippen LogP contribution in [-0.4, -0.2) is 48.0 Å². The van der Waals surface area contributed by atoms with E-state index in [2.05, 4.69) is 18.7 Å². The van der Waals surface area contributed by atoms with Crippen molar-refractivity contribution in [2.24, 2.45) is 0 Å². The van der Waals surface area contributed by atoms with Crippen molar-refractivity contribution in [2.75, 3.05) is 26.2 Å². The molecule has 3 rings (SSSR count). The second kappa shape index (κ2) is 7.39. The maximum atomic E-state index is 11.7. The molecule has 1 N–H and O–H groups in total. The minimum Gasteiger partial charge on any atom is -0.485 e. The zero-order valence-corrected chi connectivity index (χ0v) is 15.8. The molecule has 0 spiro atoms. The number of nitrogens with zero attached hydrogens (tertiary/aromatic N) is 1. The van der Waals surface area contributed by atoms with Gasteiger partial charge in [-0.15, -0.1) is 0 Å². The number of hydrogen-bond donors (Lipinski definition) is 1. The first-order chi connectivity index (χ1) is 12.4. The molecule has 2 unspecified atom stereocenters. The number of hydrogen-bond acceptors (Lipinski definition) is 6. The van der Waals surface area contributed by atoms with Crippen LogP contribution in [0.3, 0.4) is 0 Å². The van der Waals surface area contributed by atoms with E-state index < -0.39 is 23.4 Å². The van der Waals surface area contributed by atoms with E-state index in [4.69, 9.17) is 13.9 Å². The van der Waals surface area contributed by atoms with Crippen molar-refractivity contribution in [3.8, 4) is 5.75 Å². The molecular weight excluding hydrogens is 334 g/mol. The van der Waals surface area contributed by atoms with Crippen LogP contribution in [0.15, 0.2) is 33.5 Å². The van der Waals surface area contributed by atoms with Gasteiger partial charge in [-0.25, -0.2) is 4.79 Å². The van der Waals surface area contributed by atoms with Gasteiger partial charge in [0, 0.05) is 18.0 Å². The average molecular weight is 361 g/mol. The van der Waals surface area contributed by atoms with Gasteiger partial charge in [0.15, 0.2) is 0 Å². The molecule has 0 fully saturated rings. The van der Waals surface area contributed by atoms with Crippen molar-refractivity contribution in [3.63, 3.8) is 0 Å². The summed E-state index contributed by atoms with van der Waals surface area (Å²) in [5.41, 5.74) is -0.230. The highest BCUT2D eigenvalue weighted by atomic mass is 16.5. The standard InChI is InChI=1S/C20H27NO5/c1-5-21(6-2)11-12-24-18-16-14(26-20(3,4)19(18)23)9-7-13-8-10-15(22)25-17(13)16/h7-10,18-19,23H,5-6,11-12H2,1-4H3. The molecule has 6 heteroatoms. The maximum Gasteiger partial charge on any atom is 0.336 e. The fourth-order valence-corrected chi connectivity index (χ4v) is 3.38. The Morgan fingerprint density at radius 1 is 1.19 bits per heavy atom. The molecule has 0 aliphatic carbocycles. The predicted molar refractivity (Wildman–Crippen MR) is 99.7 cm³/mol. The van der Waals surface area contributed by atoms with Crippen LogP contribution in [0.1, 0.15) is 39.4 Å². The molecule has 1 aliphatic heterocycles. The van der Waals surface area contributed by atoms with E-state index in [-0.39, 0.29) is 0 Å². The Morgan fingerprint density at radius 3 is 2.58 bits per heavy atom. The Morgan fingerprint density at radius 2 is 1.88 bits per heavy atom. The van der Waals surface area contributed by atoms with Crippen molar-refractivity contribution in [1.82, 2.24) is 4.90 Å². The zero-order chi connectivity index (χ0) is 18.9. The summed E-state index contributed by atoms with van der Waals surface area (Å²) in [6.45, 7) is 11.0. The Labute approximate surface area is 153 Å². The van der Waals surface area contributed by atoms with Crippen LogP contribution in [0.25, 0.3) is 11.0 Å². The third-order valence-corrected chi connectivity index (χ3v) is 5.04. The van der Waals surface area contributed by atoms with Gasteiger partial charge in [-0.3, -0.25) is 0 Å². The van der Waals surface area contributed by atoms with E-state index in [1.807, 2.05) is 26.0 Å². The van der Waals surface area contributed by atoms with Gasteiger partial charge in [-0.2, -0.15) is 0 Å². The SMILES string of the molecule is CCN(CC)CCOC1c2c(ccc3ccc(=O)oc23)OC(C)(C)C1O. The molecule has 142 valence electrons. The third-order valence-electron chi connectivity index (χ3n) is 5.04. The molecule has 2 atom stereocenters. The number of benzene rings is 1. The Balaban J connectivity index is 2.00. The molecule has 0 saturated carbocycles. The highest BCUT2D eigenvalue weighted by Gasteiger charge is 2.45. The summed E-state index contributed by atoms with van der Waals surface area (Å²) in [4.78, 5) is 14.0. The lowest BCUT2D eigenvalue weighted by Crippen LogP contribution is -2.49. The first kappa shape index (κ1) is 18.9. The summed E-state index contributed by atoms with van der Waals surface area (Å²) in [7, 11) is 0. The van der Waals surface area contributed by atoms with Crippen LogP contribution >= 0.6 is 0 Å². The molecule has 0 radical (unpaired) electrons. The maximum absolute atomic E-state index is 11.7. The van der Waals surface area contributed by atoms with Gasteiger partial charge in [-0.05, 0) is 45.1 Å². The van der Waals surface area contributed by atoms with Crippen molar-refractivity contribution >= 4 is 11.0 Å². The quantitative estimate of drug-likeness (QED) is 0.798. The number of likely N-dealkylation sites (N-methyl/N-ethyl adjacent to an activating group) is 1. The molecule has 2 heterocycles. The van der Waals surface area contributed by atoms with E-state index in [9.17, 15) is 9.90 Å². The van der Waals surface area contributed by atoms with Gasteiger partial charge in [-0.1, -0.05) is 13.8 Å². The average Bonchev–Trinajstić information content (AvgIpc) is 2.61. The van der Waals surface area contributed by atoms with Crippen molar-refractivity contribution < 1.29 is 19.0 Å². The number of ether oxygens (including phenoxy) is 2. The van der Waals surface area contributed by atoms with Crippen molar-refractivity contribution in [2.45, 2.75) is 45.5 Å². The van der Waals surface area contributed by atoms with Crippen LogP contribution in [0, 0.1) is 0 Å². The predicted octanol–water partition coefficient (Wildman–Crippen LogP) is 2.72. The molecule has 2 aromatic rings. The molecule has 1 aromatic heterocycles. The summed E-state index contributed by atoms with van der Waals surface area (Å²) in [5, 5.41) is 11.6. The molecule has 6 nitrogen and oxygen atoms in total. The summed E-state index contributed by atoms with van der Waals surface area (Å²) in [6.07, 6.45) is -1.51. The summed E-state index contributed by atoms with van der Waals surface area (Å²) < 4.78 is 17.5. The van der Waals surface area contributed by atoms with E-state index in [1.54, 1.807) is 6.07 Å². The van der Waals surface area contributed by atoms with Crippen LogP contribution in [0.2, 0.25) is 0 Å². The minimum atomic E-state index is -0.886. The molecule has 1 aliphatic rings. The van der Waals surface area contributed by atoms with E-state index in [0.29, 0.717) is 23.5 Å². The van der Waals surface area contributed by atoms with Crippen LogP contribution in [-0.2, 0) is 4.74 Å². The largest absolute Gasteiger partial charge is 0.485 e. The summed E-state index contributed by atoms with van der Waals surface area (Å²) in [6, 6.07) is 6.78. The van der Waals surface area contributed by atoms with E-state index in [0.717, 1.165) is 25.0 Å². The third kappa shape index (κ3) is 3.49. The van der Waals surface area contributed by atoms with Gasteiger partial charge in [0.05, 0.1) is 12.2 Å². The van der Waals surface area contributed by atoms with Gasteiger partial charge in [0.1, 0.15) is 29.1 Å². The monoisotopic (exact) mass is 361 g/mol. The Hall–Kier alpha value is -1.89. The molecule has 0 bridgehead atoms. The van der Waals surface area contributed by atoms with Crippen LogP contribution in [0.5, 0.6) is 5.75 Å². The highest BCUT2D eigenvalue weighted by molar-refractivity contribution is 5.83. The lowest BCUT2D eigenvalue weighted by Gasteiger charge is -2.42. The Kier molecular flexibility index (Phi) is 5.37. The van der Waals surface area contributed by atoms with Crippen molar-refractivity contribution in [1.29, 1.82) is 0 Å². The smallest absolute Gasteiger partial charge is 0.336 e. The number of aliphatic hydroxyl groups excluding tert-OH is 1. The first-order valence-electron chi connectivity index (χ1n) is 9.15. The van der Waals surface area contributed by atoms with Gasteiger partial charge >= 0.3 is 5.63 Å². The van der Waals surface area contributed by atoms with Crippen LogP contribution < -0.4 is 10.4 Å². The topological polar surface area (TPSA) is 72.1 Å². The normalized spacial score (nSPS) is 21.6. The zero-order valence-electron chi connectivity index (χ0n) is 15.8. The lowest BCUT2D eigenvalue weighted by molar-refractivity contribution is -0.136. The first-order valence-corrected chi connectivity index (χ1v) is 9.15. The van der Waals surface area contributed by atoms with Gasteiger partial charge in [0.25, 0.3) is 0 Å². The van der Waals surface area contributed by atoms with E-state index >= 15 is 0 Å². The fourth-order valence-electron chi connectivity index (χ4n) is 3.38. The number of rotatable bonds is 6. The number of fused-ring (bicyclic) bond motifs is 3. The molecule has 26 heavy (non-hydrogen) atoms. The minimum absolute atomic E-state index is 0.414. The molecule has 1 aromatic carbocycles. The van der Waals surface area contributed by atoms with Gasteiger partial charge < -0.3 is 23.9 Å². The Bertz CT molecular complexity index is 825. The van der Waals surface area contributed by atoms with Gasteiger partial charge in [0.2, 0.25) is 0 Å². The summed E-state index contributed by atoms with van der Waals surface area (Å²) >= 11 is 0. The molecule has 0 saturated heterocycles.